The van der Waals surface area contributed by atoms with Crippen LogP contribution < -0.4 is 5.32 Å². The Hall–Kier alpha value is -3.51. The third kappa shape index (κ3) is 3.25. The van der Waals surface area contributed by atoms with E-state index in [9.17, 15) is 14.3 Å². The van der Waals surface area contributed by atoms with E-state index in [0.717, 1.165) is 5.56 Å². The summed E-state index contributed by atoms with van der Waals surface area (Å²) in [6, 6.07) is 16.6. The van der Waals surface area contributed by atoms with Crippen LogP contribution in [0.5, 0.6) is 0 Å². The third-order valence-corrected chi connectivity index (χ3v) is 4.55. The fraction of sp³-hybridized carbons (Fsp3) is 0.0909. The molecular formula is C22H17FN2O3. The summed E-state index contributed by atoms with van der Waals surface area (Å²) >= 11 is 0. The van der Waals surface area contributed by atoms with Gasteiger partial charge in [0.25, 0.3) is 5.91 Å². The highest BCUT2D eigenvalue weighted by Gasteiger charge is 2.20. The van der Waals surface area contributed by atoms with Gasteiger partial charge in [-0.15, -0.1) is 0 Å². The fourth-order valence-corrected chi connectivity index (χ4v) is 3.07. The lowest BCUT2D eigenvalue weighted by Gasteiger charge is -2.15. The van der Waals surface area contributed by atoms with Crippen LogP contribution in [0.4, 0.5) is 10.1 Å². The zero-order valence-corrected chi connectivity index (χ0v) is 15.0. The van der Waals surface area contributed by atoms with Gasteiger partial charge >= 0.3 is 0 Å². The molecule has 1 unspecified atom stereocenters. The fourth-order valence-electron chi connectivity index (χ4n) is 3.07. The minimum atomic E-state index is -1.01. The van der Waals surface area contributed by atoms with Gasteiger partial charge in [-0.2, -0.15) is 0 Å². The van der Waals surface area contributed by atoms with E-state index < -0.39 is 17.8 Å². The maximum atomic E-state index is 14.0. The number of carbonyl (C=O) groups excluding carboxylic acids is 1. The molecule has 2 N–H and O–H groups in total. The van der Waals surface area contributed by atoms with Gasteiger partial charge in [-0.05, 0) is 42.8 Å². The first kappa shape index (κ1) is 17.9. The number of nitrogens with zero attached hydrogens (tertiary/aromatic N) is 1. The average molecular weight is 376 g/mol. The van der Waals surface area contributed by atoms with E-state index in [-0.39, 0.29) is 11.3 Å². The Labute approximate surface area is 160 Å². The minimum Gasteiger partial charge on any atom is -0.448 e. The molecule has 2 aromatic carbocycles. The van der Waals surface area contributed by atoms with Crippen LogP contribution in [0, 0.1) is 12.7 Å². The van der Waals surface area contributed by atoms with E-state index in [2.05, 4.69) is 10.3 Å². The maximum absolute atomic E-state index is 14.0. The number of anilines is 1. The molecule has 0 aliphatic rings. The van der Waals surface area contributed by atoms with Gasteiger partial charge in [-0.1, -0.05) is 30.3 Å². The van der Waals surface area contributed by atoms with Crippen LogP contribution >= 0.6 is 0 Å². The van der Waals surface area contributed by atoms with Crippen molar-refractivity contribution in [1.82, 2.24) is 4.98 Å². The number of benzene rings is 2. The van der Waals surface area contributed by atoms with Crippen LogP contribution in [0.3, 0.4) is 0 Å². The molecule has 4 rings (SSSR count). The Balaban J connectivity index is 1.66. The molecule has 1 amide bonds. The Morgan fingerprint density at radius 1 is 1.14 bits per heavy atom. The second-order valence-electron chi connectivity index (χ2n) is 6.42. The van der Waals surface area contributed by atoms with E-state index in [0.29, 0.717) is 22.3 Å². The highest BCUT2D eigenvalue weighted by molar-refractivity contribution is 6.05. The molecule has 0 aliphatic heterocycles. The number of amides is 1. The molecule has 140 valence electrons. The van der Waals surface area contributed by atoms with Gasteiger partial charge in [0.15, 0.2) is 17.2 Å². The number of aromatic nitrogens is 1. The molecule has 0 radical (unpaired) electrons. The highest BCUT2D eigenvalue weighted by atomic mass is 19.1. The second kappa shape index (κ2) is 7.25. The number of nitrogens with one attached hydrogen (secondary N) is 1. The maximum Gasteiger partial charge on any atom is 0.291 e. The van der Waals surface area contributed by atoms with Gasteiger partial charge in [-0.3, -0.25) is 9.78 Å². The van der Waals surface area contributed by atoms with Gasteiger partial charge in [0.05, 0.1) is 5.69 Å². The Morgan fingerprint density at radius 3 is 2.68 bits per heavy atom. The molecule has 1 atom stereocenters. The number of rotatable bonds is 4. The summed E-state index contributed by atoms with van der Waals surface area (Å²) in [6.07, 6.45) is 0.582. The first-order valence-electron chi connectivity index (χ1n) is 8.72. The van der Waals surface area contributed by atoms with Gasteiger partial charge in [0.1, 0.15) is 6.10 Å². The number of pyridine rings is 1. The lowest BCUT2D eigenvalue weighted by molar-refractivity contribution is 0.0998. The molecule has 28 heavy (non-hydrogen) atoms. The third-order valence-electron chi connectivity index (χ3n) is 4.55. The predicted molar refractivity (Wildman–Crippen MR) is 104 cm³/mol. The Morgan fingerprint density at radius 2 is 1.93 bits per heavy atom. The van der Waals surface area contributed by atoms with Gasteiger partial charge in [-0.25, -0.2) is 4.39 Å². The van der Waals surface area contributed by atoms with Crippen LogP contribution in [-0.4, -0.2) is 16.0 Å². The van der Waals surface area contributed by atoms with Crippen molar-refractivity contribution in [2.45, 2.75) is 13.0 Å². The van der Waals surface area contributed by atoms with Crippen molar-refractivity contribution < 1.29 is 18.7 Å². The lowest BCUT2D eigenvalue weighted by Crippen LogP contribution is -2.14. The molecule has 0 aliphatic carbocycles. The molecule has 0 saturated heterocycles. The van der Waals surface area contributed by atoms with Crippen LogP contribution in [0.25, 0.3) is 11.0 Å². The summed E-state index contributed by atoms with van der Waals surface area (Å²) in [4.78, 5) is 16.9. The Bertz CT molecular complexity index is 1120. The Kier molecular flexibility index (Phi) is 4.63. The number of furan rings is 1. The molecule has 0 fully saturated rings. The number of hydrogen-bond acceptors (Lipinski definition) is 4. The number of hydrogen-bond donors (Lipinski definition) is 2. The van der Waals surface area contributed by atoms with E-state index in [1.54, 1.807) is 54.7 Å². The van der Waals surface area contributed by atoms with Crippen molar-refractivity contribution in [2.75, 3.05) is 5.32 Å². The van der Waals surface area contributed by atoms with E-state index in [1.807, 2.05) is 6.92 Å². The van der Waals surface area contributed by atoms with Crippen LogP contribution in [0.2, 0.25) is 0 Å². The topological polar surface area (TPSA) is 75.4 Å². The van der Waals surface area contributed by atoms with Gasteiger partial charge in [0, 0.05) is 22.8 Å². The van der Waals surface area contributed by atoms with Crippen molar-refractivity contribution in [2.24, 2.45) is 0 Å². The molecule has 2 heterocycles. The van der Waals surface area contributed by atoms with Crippen LogP contribution in [-0.2, 0) is 0 Å². The molecular weight excluding hydrogens is 359 g/mol. The van der Waals surface area contributed by atoms with Crippen molar-refractivity contribution in [1.29, 1.82) is 0 Å². The van der Waals surface area contributed by atoms with E-state index in [4.69, 9.17) is 4.42 Å². The number of halogens is 1. The van der Waals surface area contributed by atoms with Crippen molar-refractivity contribution in [3.63, 3.8) is 0 Å². The summed E-state index contributed by atoms with van der Waals surface area (Å²) in [7, 11) is 0. The first-order chi connectivity index (χ1) is 13.5. The van der Waals surface area contributed by atoms with Gasteiger partial charge in [0.2, 0.25) is 0 Å². The number of fused-ring (bicyclic) bond motifs is 1. The number of carbonyl (C=O) groups is 1. The van der Waals surface area contributed by atoms with Crippen LogP contribution in [0.1, 0.15) is 33.5 Å². The largest absolute Gasteiger partial charge is 0.448 e. The standard InChI is InChI=1S/C22H17FN2O3/c1-13-9-10-16(23)21-15(13)12-19(28-21)22(27)25-17-7-3-2-6-14(17)20(26)18-8-4-5-11-24-18/h2-12,20,26H,1H3,(H,25,27). The van der Waals surface area contributed by atoms with Crippen molar-refractivity contribution in [3.05, 3.63) is 95.3 Å². The molecule has 0 spiro atoms. The van der Waals surface area contributed by atoms with Crippen molar-refractivity contribution in [3.8, 4) is 0 Å². The summed E-state index contributed by atoms with van der Waals surface area (Å²) < 4.78 is 19.4. The number of aryl methyl sites for hydroxylation is 1. The lowest BCUT2D eigenvalue weighted by atomic mass is 10.0. The molecule has 2 aromatic heterocycles. The monoisotopic (exact) mass is 376 g/mol. The average Bonchev–Trinajstić information content (AvgIpc) is 3.18. The molecule has 5 nitrogen and oxygen atoms in total. The molecule has 4 aromatic rings. The molecule has 0 bridgehead atoms. The summed E-state index contributed by atoms with van der Waals surface area (Å²) in [5.41, 5.74) is 2.24. The number of aliphatic hydroxyl groups is 1. The van der Waals surface area contributed by atoms with Crippen molar-refractivity contribution >= 4 is 22.6 Å². The van der Waals surface area contributed by atoms with E-state index >= 15 is 0 Å². The van der Waals surface area contributed by atoms with Gasteiger partial charge < -0.3 is 14.8 Å². The smallest absolute Gasteiger partial charge is 0.291 e. The number of aliphatic hydroxyl groups excluding tert-OH is 1. The van der Waals surface area contributed by atoms with E-state index in [1.165, 1.54) is 12.1 Å². The predicted octanol–water partition coefficient (Wildman–Crippen LogP) is 4.61. The zero-order valence-electron chi connectivity index (χ0n) is 15.0. The van der Waals surface area contributed by atoms with Crippen LogP contribution in [0.15, 0.2) is 71.3 Å². The second-order valence-corrected chi connectivity index (χ2v) is 6.42. The quantitative estimate of drug-likeness (QED) is 0.545. The summed E-state index contributed by atoms with van der Waals surface area (Å²) in [5, 5.41) is 13.9. The summed E-state index contributed by atoms with van der Waals surface area (Å²) in [6.45, 7) is 1.82. The molecule has 6 heteroatoms. The minimum absolute atomic E-state index is 0.00895. The molecule has 0 saturated carbocycles. The SMILES string of the molecule is Cc1ccc(F)c2oc(C(=O)Nc3ccccc3C(O)c3ccccn3)cc12. The zero-order chi connectivity index (χ0) is 19.7. The highest BCUT2D eigenvalue weighted by Crippen LogP contribution is 2.29. The first-order valence-corrected chi connectivity index (χ1v) is 8.72. The number of para-hydroxylation sites is 1. The normalized spacial score (nSPS) is 12.1. The summed E-state index contributed by atoms with van der Waals surface area (Å²) in [5.74, 6) is -1.06.